The normalized spacial score (nSPS) is 38.2. The molecule has 16 atom stereocenters. The number of aliphatic hydroxyl groups excluding tert-OH is 2. The highest BCUT2D eigenvalue weighted by Gasteiger charge is 2.55. The summed E-state index contributed by atoms with van der Waals surface area (Å²) in [6.45, 7) is 15.8. The zero-order valence-electron chi connectivity index (χ0n) is 36.4. The molecule has 2 aliphatic carbocycles. The standard InChI is InChI=1S/C43H58Cl2N4O14/c1-16(2)34-33(52)31(49-41(62-34)38-36(57-9)37(60-22(8)50)35(19(5)59-38)63-42(46)55)32(51)28-18(4)10-12-23-25(13-11-17(3)27(23)28)61-26-14-43(56,39(53)20(6)58-26)21(7)48-40(54)30-29(45)24(44)15-47-30/h10,12,15-16,18-21,23,25-28,34-39,47,51,53,56H,3,11,13-14H2,1-2,4-9H3,(H2,46,55)(H,48,54)/b32-31-. The van der Waals surface area contributed by atoms with Gasteiger partial charge in [-0.05, 0) is 51.4 Å². The number of carbonyl (C=O) groups excluding carboxylic acids is 4. The fraction of sp³-hybridized carbons (Fsp3) is 0.651. The lowest BCUT2D eigenvalue weighted by molar-refractivity contribution is -0.296. The Morgan fingerprint density at radius 3 is 2.38 bits per heavy atom. The van der Waals surface area contributed by atoms with E-state index in [4.69, 9.17) is 62.1 Å². The van der Waals surface area contributed by atoms with Crippen LogP contribution >= 0.6 is 23.2 Å². The molecular weight excluding hydrogens is 867 g/mol. The number of hydrogen-bond donors (Lipinski definition) is 6. The van der Waals surface area contributed by atoms with Crippen LogP contribution in [0, 0.1) is 29.6 Å². The van der Waals surface area contributed by atoms with Gasteiger partial charge in [-0.2, -0.15) is 0 Å². The van der Waals surface area contributed by atoms with E-state index in [1.807, 2.05) is 19.1 Å². The number of aromatic amines is 1. The van der Waals surface area contributed by atoms with E-state index in [0.717, 1.165) is 5.57 Å². The number of fused-ring (bicyclic) bond motifs is 1. The highest BCUT2D eigenvalue weighted by atomic mass is 35.5. The predicted molar refractivity (Wildman–Crippen MR) is 227 cm³/mol. The van der Waals surface area contributed by atoms with Gasteiger partial charge in [0.25, 0.3) is 5.91 Å². The molecule has 1 aromatic heterocycles. The van der Waals surface area contributed by atoms with Crippen LogP contribution in [-0.2, 0) is 42.7 Å². The second-order valence-electron chi connectivity index (χ2n) is 17.4. The maximum absolute atomic E-state index is 14.3. The molecule has 2 saturated heterocycles. The number of esters is 1. The molecule has 7 N–H and O–H groups in total. The number of carbonyl (C=O) groups is 4. The molecule has 3 aliphatic heterocycles. The average molecular weight is 926 g/mol. The van der Waals surface area contributed by atoms with Crippen molar-refractivity contribution < 1.29 is 67.7 Å². The van der Waals surface area contributed by atoms with Crippen LogP contribution in [0.4, 0.5) is 4.79 Å². The van der Waals surface area contributed by atoms with Crippen LogP contribution in [0.3, 0.4) is 0 Å². The fourth-order valence-corrected chi connectivity index (χ4v) is 9.92. The molecule has 63 heavy (non-hydrogen) atoms. The largest absolute Gasteiger partial charge is 0.510 e. The van der Waals surface area contributed by atoms with Crippen LogP contribution in [0.1, 0.15) is 78.2 Å². The van der Waals surface area contributed by atoms with Crippen LogP contribution < -0.4 is 11.1 Å². The Balaban J connectivity index is 1.29. The third kappa shape index (κ3) is 9.55. The molecule has 348 valence electrons. The summed E-state index contributed by atoms with van der Waals surface area (Å²) in [5.41, 5.74) is 4.01. The Morgan fingerprint density at radius 2 is 1.78 bits per heavy atom. The van der Waals surface area contributed by atoms with E-state index < -0.39 is 120 Å². The minimum absolute atomic E-state index is 0.00234. The molecule has 16 unspecified atom stereocenters. The number of primary amides is 1. The van der Waals surface area contributed by atoms with Crippen LogP contribution in [0.5, 0.6) is 0 Å². The molecule has 4 heterocycles. The van der Waals surface area contributed by atoms with Crippen molar-refractivity contribution in [3.05, 3.63) is 57.7 Å². The molecule has 18 nitrogen and oxygen atoms in total. The van der Waals surface area contributed by atoms with Gasteiger partial charge in [0.15, 0.2) is 36.4 Å². The lowest BCUT2D eigenvalue weighted by Gasteiger charge is -2.50. The van der Waals surface area contributed by atoms with E-state index in [9.17, 15) is 34.5 Å². The number of ether oxygens (including phenoxy) is 7. The lowest BCUT2D eigenvalue weighted by Crippen LogP contribution is -2.66. The molecule has 20 heteroatoms. The molecule has 5 aliphatic rings. The van der Waals surface area contributed by atoms with Crippen molar-refractivity contribution in [2.45, 2.75) is 141 Å². The monoisotopic (exact) mass is 924 g/mol. The summed E-state index contributed by atoms with van der Waals surface area (Å²) < 4.78 is 41.8. The van der Waals surface area contributed by atoms with Gasteiger partial charge in [0, 0.05) is 38.5 Å². The average Bonchev–Trinajstić information content (AvgIpc) is 3.55. The van der Waals surface area contributed by atoms with Crippen molar-refractivity contribution in [2.24, 2.45) is 40.3 Å². The Bertz CT molecular complexity index is 2040. The van der Waals surface area contributed by atoms with Crippen molar-refractivity contribution in [1.82, 2.24) is 10.3 Å². The number of aromatic nitrogens is 1. The summed E-state index contributed by atoms with van der Waals surface area (Å²) in [7, 11) is 1.33. The topological polar surface area (TPSA) is 260 Å². The molecule has 0 radical (unpaired) electrons. The van der Waals surface area contributed by atoms with Crippen LogP contribution in [0.25, 0.3) is 0 Å². The highest BCUT2D eigenvalue weighted by Crippen LogP contribution is 2.50. The minimum atomic E-state index is -1.90. The summed E-state index contributed by atoms with van der Waals surface area (Å²) >= 11 is 12.2. The van der Waals surface area contributed by atoms with Crippen LogP contribution in [0.2, 0.25) is 10.0 Å². The van der Waals surface area contributed by atoms with E-state index in [1.54, 1.807) is 34.6 Å². The van der Waals surface area contributed by atoms with Crippen molar-refractivity contribution in [3.8, 4) is 0 Å². The van der Waals surface area contributed by atoms with Crippen LogP contribution in [-0.4, -0.2) is 130 Å². The summed E-state index contributed by atoms with van der Waals surface area (Å²) in [6, 6.07) is -1.01. The smallest absolute Gasteiger partial charge is 0.405 e. The molecule has 1 aromatic rings. The molecule has 6 rings (SSSR count). The summed E-state index contributed by atoms with van der Waals surface area (Å²) in [5.74, 6) is -4.60. The number of ketones is 1. The van der Waals surface area contributed by atoms with Crippen molar-refractivity contribution in [3.63, 3.8) is 0 Å². The van der Waals surface area contributed by atoms with Gasteiger partial charge in [0.2, 0.25) is 11.7 Å². The Hall–Kier alpha value is -4.01. The number of amides is 2. The number of methoxy groups -OCH3 is 1. The third-order valence-electron chi connectivity index (χ3n) is 12.9. The first kappa shape index (κ1) is 48.4. The Labute approximate surface area is 375 Å². The number of nitrogens with one attached hydrogen (secondary N) is 2. The third-order valence-corrected chi connectivity index (χ3v) is 13.6. The Kier molecular flexibility index (Phi) is 14.8. The lowest BCUT2D eigenvalue weighted by atomic mass is 9.61. The number of nitrogens with zero attached hydrogens (tertiary/aromatic N) is 1. The number of aliphatic imine (C=N–C) groups is 1. The van der Waals surface area contributed by atoms with E-state index >= 15 is 0 Å². The van der Waals surface area contributed by atoms with Gasteiger partial charge in [0.1, 0.15) is 29.3 Å². The van der Waals surface area contributed by atoms with Gasteiger partial charge in [-0.3, -0.25) is 14.4 Å². The molecule has 0 bridgehead atoms. The van der Waals surface area contributed by atoms with Crippen LogP contribution in [0.15, 0.2) is 46.9 Å². The number of H-pyrrole nitrogens is 1. The SMILES string of the molecule is C=C1CCC(OC2CC(O)(C(C)NC(=O)c3[nH]cc(Cl)c3Cl)C(O)C(C)O2)C2C=CC(C)C(/C(O)=C3/N=C(C4OC(C)C(OC(N)=O)C(OC(C)=O)C4OC)OC(C(C)C)C3=O)C12. The van der Waals surface area contributed by atoms with Gasteiger partial charge in [-0.25, -0.2) is 9.79 Å². The molecule has 1 saturated carbocycles. The predicted octanol–water partition coefficient (Wildman–Crippen LogP) is 4.45. The first-order valence-electron chi connectivity index (χ1n) is 21.0. The van der Waals surface area contributed by atoms with Gasteiger partial charge in [0.05, 0.1) is 34.4 Å². The maximum atomic E-state index is 14.3. The van der Waals surface area contributed by atoms with Gasteiger partial charge in [-0.15, -0.1) is 0 Å². The molecular formula is C43H58Cl2N4O14. The summed E-state index contributed by atoms with van der Waals surface area (Å²) in [5, 5.41) is 38.5. The second kappa shape index (κ2) is 19.2. The van der Waals surface area contributed by atoms with Crippen molar-refractivity contribution in [1.29, 1.82) is 0 Å². The van der Waals surface area contributed by atoms with E-state index in [1.165, 1.54) is 20.2 Å². The van der Waals surface area contributed by atoms with Crippen molar-refractivity contribution >= 4 is 52.9 Å². The minimum Gasteiger partial charge on any atom is -0.510 e. The zero-order chi connectivity index (χ0) is 46.4. The number of hydrogen-bond acceptors (Lipinski definition) is 15. The van der Waals surface area contributed by atoms with E-state index in [2.05, 4.69) is 21.9 Å². The number of nitrogens with two attached hydrogens (primary N) is 1. The number of aliphatic hydroxyl groups is 3. The quantitative estimate of drug-likeness (QED) is 0.0776. The number of Topliss-reactive ketones (excluding diaryl/α,β-unsaturated/α-hetero) is 1. The molecule has 3 fully saturated rings. The van der Waals surface area contributed by atoms with Gasteiger partial charge in [-0.1, -0.05) is 68.3 Å². The number of halogens is 2. The van der Waals surface area contributed by atoms with Crippen molar-refractivity contribution in [2.75, 3.05) is 7.11 Å². The molecule has 0 aromatic carbocycles. The first-order valence-corrected chi connectivity index (χ1v) is 21.8. The first-order chi connectivity index (χ1) is 29.6. The summed E-state index contributed by atoms with van der Waals surface area (Å²) in [4.78, 5) is 58.8. The maximum Gasteiger partial charge on any atom is 0.405 e. The molecule has 2 amide bonds. The Morgan fingerprint density at radius 1 is 1.08 bits per heavy atom. The number of rotatable bonds is 11. The van der Waals surface area contributed by atoms with Gasteiger partial charge >= 0.3 is 12.1 Å². The highest BCUT2D eigenvalue weighted by molar-refractivity contribution is 6.43. The van der Waals surface area contributed by atoms with E-state index in [0.29, 0.717) is 12.8 Å². The fourth-order valence-electron chi connectivity index (χ4n) is 9.57. The zero-order valence-corrected chi connectivity index (χ0v) is 37.9. The summed E-state index contributed by atoms with van der Waals surface area (Å²) in [6.07, 6.45) is -5.72. The second-order valence-corrected chi connectivity index (χ2v) is 18.2. The van der Waals surface area contributed by atoms with Gasteiger partial charge < -0.3 is 64.5 Å². The van der Waals surface area contributed by atoms with E-state index in [-0.39, 0.29) is 45.4 Å². The molecule has 0 spiro atoms. The number of allylic oxidation sites excluding steroid dienone is 3.